The Bertz CT molecular complexity index is 622. The van der Waals surface area contributed by atoms with E-state index in [1.165, 1.54) is 11.3 Å². The molecule has 98 valence electrons. The molecule has 1 amide bonds. The van der Waals surface area contributed by atoms with E-state index in [0.29, 0.717) is 9.90 Å². The Morgan fingerprint density at radius 3 is 2.53 bits per heavy atom. The van der Waals surface area contributed by atoms with Gasteiger partial charge in [0.05, 0.1) is 14.9 Å². The van der Waals surface area contributed by atoms with Gasteiger partial charge in [-0.2, -0.15) is 5.10 Å². The van der Waals surface area contributed by atoms with Crippen LogP contribution in [-0.4, -0.2) is 11.6 Å². The van der Waals surface area contributed by atoms with Crippen molar-refractivity contribution in [2.45, 2.75) is 6.92 Å². The first-order valence-electron chi connectivity index (χ1n) is 5.42. The van der Waals surface area contributed by atoms with Gasteiger partial charge in [0, 0.05) is 10.0 Å². The highest BCUT2D eigenvalue weighted by Crippen LogP contribution is 2.21. The summed E-state index contributed by atoms with van der Waals surface area (Å²) in [6.07, 6.45) is 0. The minimum absolute atomic E-state index is 0.241. The fourth-order valence-corrected chi connectivity index (χ4v) is 2.62. The molecule has 0 unspecified atom stereocenters. The van der Waals surface area contributed by atoms with Gasteiger partial charge in [-0.1, -0.05) is 27.5 Å². The zero-order chi connectivity index (χ0) is 13.8. The lowest BCUT2D eigenvalue weighted by atomic mass is 10.2. The molecule has 0 aliphatic carbocycles. The van der Waals surface area contributed by atoms with Crippen LogP contribution in [0.25, 0.3) is 0 Å². The van der Waals surface area contributed by atoms with Crippen LogP contribution in [0.4, 0.5) is 0 Å². The van der Waals surface area contributed by atoms with Crippen molar-refractivity contribution in [2.75, 3.05) is 0 Å². The quantitative estimate of drug-likeness (QED) is 0.645. The molecule has 0 radical (unpaired) electrons. The first-order chi connectivity index (χ1) is 9.06. The van der Waals surface area contributed by atoms with Crippen molar-refractivity contribution < 1.29 is 4.79 Å². The van der Waals surface area contributed by atoms with Crippen molar-refractivity contribution in [3.63, 3.8) is 0 Å². The van der Waals surface area contributed by atoms with Crippen molar-refractivity contribution in [1.82, 2.24) is 5.43 Å². The Balaban J connectivity index is 2.05. The van der Waals surface area contributed by atoms with E-state index in [-0.39, 0.29) is 5.91 Å². The lowest BCUT2D eigenvalue weighted by molar-refractivity contribution is 0.0955. The van der Waals surface area contributed by atoms with Gasteiger partial charge < -0.3 is 0 Å². The molecule has 19 heavy (non-hydrogen) atoms. The molecule has 0 saturated heterocycles. The normalized spacial score (nSPS) is 11.4. The highest BCUT2D eigenvalue weighted by atomic mass is 79.9. The molecule has 0 atom stereocenters. The van der Waals surface area contributed by atoms with Crippen LogP contribution in [0.2, 0.25) is 4.34 Å². The predicted molar refractivity (Wildman–Crippen MR) is 83.1 cm³/mol. The standard InChI is InChI=1S/C13H10BrClN2OS/c1-8(11-6-7-12(15)19-11)16-17-13(18)9-2-4-10(14)5-3-9/h2-7H,1H3,(H,17,18)/b16-8+. The van der Waals surface area contributed by atoms with Crippen LogP contribution in [0.1, 0.15) is 22.2 Å². The molecule has 1 aromatic carbocycles. The number of benzene rings is 1. The molecule has 6 heteroatoms. The Labute approximate surface area is 128 Å². The van der Waals surface area contributed by atoms with Gasteiger partial charge in [0.25, 0.3) is 5.91 Å². The molecule has 2 rings (SSSR count). The lowest BCUT2D eigenvalue weighted by Gasteiger charge is -2.01. The number of nitrogens with zero attached hydrogens (tertiary/aromatic N) is 1. The Morgan fingerprint density at radius 2 is 1.95 bits per heavy atom. The zero-order valence-electron chi connectivity index (χ0n) is 9.98. The van der Waals surface area contributed by atoms with E-state index in [9.17, 15) is 4.79 Å². The Kier molecular flexibility index (Phi) is 4.74. The van der Waals surface area contributed by atoms with E-state index in [4.69, 9.17) is 11.6 Å². The number of rotatable bonds is 3. The third kappa shape index (κ3) is 3.89. The maximum Gasteiger partial charge on any atom is 0.271 e. The van der Waals surface area contributed by atoms with Gasteiger partial charge in [0.2, 0.25) is 0 Å². The second-order valence-corrected chi connectivity index (χ2v) is 6.38. The summed E-state index contributed by atoms with van der Waals surface area (Å²) < 4.78 is 1.63. The molecule has 0 bridgehead atoms. The maximum absolute atomic E-state index is 11.8. The fourth-order valence-electron chi connectivity index (χ4n) is 1.36. The van der Waals surface area contributed by atoms with Crippen LogP contribution >= 0.6 is 38.9 Å². The number of hydrazone groups is 1. The van der Waals surface area contributed by atoms with E-state index in [0.717, 1.165) is 15.1 Å². The number of carbonyl (C=O) groups is 1. The average Bonchev–Trinajstić information content (AvgIpc) is 2.83. The minimum Gasteiger partial charge on any atom is -0.267 e. The molecule has 2 aromatic rings. The van der Waals surface area contributed by atoms with Gasteiger partial charge in [-0.25, -0.2) is 5.43 Å². The second-order valence-electron chi connectivity index (χ2n) is 3.75. The van der Waals surface area contributed by atoms with E-state index in [1.54, 1.807) is 18.2 Å². The highest BCUT2D eigenvalue weighted by Gasteiger charge is 2.05. The summed E-state index contributed by atoms with van der Waals surface area (Å²) in [6.45, 7) is 1.82. The van der Waals surface area contributed by atoms with Gasteiger partial charge in [-0.3, -0.25) is 4.79 Å². The summed E-state index contributed by atoms with van der Waals surface area (Å²) in [5, 5.41) is 4.06. The molecule has 0 spiro atoms. The molecule has 3 nitrogen and oxygen atoms in total. The first kappa shape index (κ1) is 14.2. The van der Waals surface area contributed by atoms with Crippen LogP contribution in [-0.2, 0) is 0 Å². The van der Waals surface area contributed by atoms with Crippen molar-refractivity contribution in [2.24, 2.45) is 5.10 Å². The van der Waals surface area contributed by atoms with E-state index >= 15 is 0 Å². The summed E-state index contributed by atoms with van der Waals surface area (Å²) in [4.78, 5) is 12.8. The van der Waals surface area contributed by atoms with Crippen molar-refractivity contribution in [3.8, 4) is 0 Å². The zero-order valence-corrected chi connectivity index (χ0v) is 13.1. The number of amides is 1. The summed E-state index contributed by atoms with van der Waals surface area (Å²) >= 11 is 10.6. The van der Waals surface area contributed by atoms with Crippen molar-refractivity contribution in [3.05, 3.63) is 55.6 Å². The number of thiophene rings is 1. The number of hydrogen-bond donors (Lipinski definition) is 1. The average molecular weight is 358 g/mol. The molecule has 0 aliphatic heterocycles. The smallest absolute Gasteiger partial charge is 0.267 e. The summed E-state index contributed by atoms with van der Waals surface area (Å²) in [5.74, 6) is -0.241. The molecule has 1 heterocycles. The number of hydrogen-bond acceptors (Lipinski definition) is 3. The van der Waals surface area contributed by atoms with Crippen molar-refractivity contribution in [1.29, 1.82) is 0 Å². The molecule has 0 saturated carbocycles. The Hall–Kier alpha value is -1.17. The summed E-state index contributed by atoms with van der Waals surface area (Å²) in [7, 11) is 0. The molecule has 1 aromatic heterocycles. The number of carbonyl (C=O) groups excluding carboxylic acids is 1. The van der Waals surface area contributed by atoms with Crippen LogP contribution < -0.4 is 5.43 Å². The van der Waals surface area contributed by atoms with Crippen LogP contribution in [0.3, 0.4) is 0 Å². The van der Waals surface area contributed by atoms with E-state index in [2.05, 4.69) is 26.5 Å². The number of nitrogens with one attached hydrogen (secondary N) is 1. The van der Waals surface area contributed by atoms with Gasteiger partial charge >= 0.3 is 0 Å². The van der Waals surface area contributed by atoms with Crippen LogP contribution in [0, 0.1) is 0 Å². The SMILES string of the molecule is C/C(=N\NC(=O)c1ccc(Br)cc1)c1ccc(Cl)s1. The third-order valence-corrected chi connectivity index (χ3v) is 4.23. The molecule has 1 N–H and O–H groups in total. The highest BCUT2D eigenvalue weighted by molar-refractivity contribution is 9.10. The predicted octanol–water partition coefficient (Wildman–Crippen LogP) is 4.32. The molecular formula is C13H10BrClN2OS. The van der Waals surface area contributed by atoms with Gasteiger partial charge in [-0.15, -0.1) is 11.3 Å². The largest absolute Gasteiger partial charge is 0.271 e. The summed E-state index contributed by atoms with van der Waals surface area (Å²) in [6, 6.07) is 10.8. The van der Waals surface area contributed by atoms with Gasteiger partial charge in [0.15, 0.2) is 0 Å². The number of halogens is 2. The minimum atomic E-state index is -0.241. The molecule has 0 aliphatic rings. The maximum atomic E-state index is 11.8. The van der Waals surface area contributed by atoms with E-state index in [1.807, 2.05) is 25.1 Å². The topological polar surface area (TPSA) is 41.5 Å². The van der Waals surface area contributed by atoms with Crippen molar-refractivity contribution >= 4 is 50.5 Å². The van der Waals surface area contributed by atoms with Gasteiger partial charge in [0.1, 0.15) is 0 Å². The van der Waals surface area contributed by atoms with E-state index < -0.39 is 0 Å². The van der Waals surface area contributed by atoms with Crippen LogP contribution in [0.5, 0.6) is 0 Å². The fraction of sp³-hybridized carbons (Fsp3) is 0.0769. The van der Waals surface area contributed by atoms with Gasteiger partial charge in [-0.05, 0) is 43.3 Å². The third-order valence-electron chi connectivity index (χ3n) is 2.36. The van der Waals surface area contributed by atoms with Crippen LogP contribution in [0.15, 0.2) is 46.0 Å². The Morgan fingerprint density at radius 1 is 1.26 bits per heavy atom. The monoisotopic (exact) mass is 356 g/mol. The first-order valence-corrected chi connectivity index (χ1v) is 7.41. The molecular weight excluding hydrogens is 348 g/mol. The second kappa shape index (κ2) is 6.32. The summed E-state index contributed by atoms with van der Waals surface area (Å²) in [5.41, 5.74) is 3.81. The molecule has 0 fully saturated rings. The lowest BCUT2D eigenvalue weighted by Crippen LogP contribution is -2.18.